The fourth-order valence-corrected chi connectivity index (χ4v) is 7.96. The van der Waals surface area contributed by atoms with Crippen molar-refractivity contribution in [3.05, 3.63) is 109 Å². The van der Waals surface area contributed by atoms with Crippen LogP contribution in [-0.4, -0.2) is 186 Å². The Balaban J connectivity index is 1.17. The van der Waals surface area contributed by atoms with Gasteiger partial charge in [0.15, 0.2) is 0 Å². The first-order chi connectivity index (χ1) is 37.1. The van der Waals surface area contributed by atoms with Gasteiger partial charge in [0.1, 0.15) is 36.3 Å². The van der Waals surface area contributed by atoms with E-state index in [0.29, 0.717) is 39.9 Å². The summed E-state index contributed by atoms with van der Waals surface area (Å²) in [5.41, 5.74) is 8.85. The van der Waals surface area contributed by atoms with E-state index in [1.807, 2.05) is 0 Å². The van der Waals surface area contributed by atoms with Gasteiger partial charge in [0, 0.05) is 110 Å². The van der Waals surface area contributed by atoms with Crippen molar-refractivity contribution in [3.8, 4) is 0 Å². The molecular formula is C45H59N21O10S. The molecule has 0 fully saturated rings. The Kier molecular flexibility index (Phi) is 21.5. The van der Waals surface area contributed by atoms with Crippen LogP contribution >= 0.6 is 11.8 Å². The lowest BCUT2D eigenvalue weighted by molar-refractivity contribution is -0.141. The summed E-state index contributed by atoms with van der Waals surface area (Å²) in [5, 5.41) is 29.9. The normalized spacial score (nSPS) is 13.8. The molecule has 6 rings (SSSR count). The number of nitrogens with zero attached hydrogens (tertiary/aromatic N) is 6. The Morgan fingerprint density at radius 1 is 0.442 bits per heavy atom. The lowest BCUT2D eigenvalue weighted by Gasteiger charge is -2.27. The Hall–Kier alpha value is -9.20. The maximum Gasteiger partial charge on any atom is 0.326 e. The number of thioether (sulfide) groups is 1. The van der Waals surface area contributed by atoms with Crippen LogP contribution in [0.15, 0.2) is 75.1 Å². The Morgan fingerprint density at radius 3 is 1.06 bits per heavy atom. The van der Waals surface area contributed by atoms with Gasteiger partial charge in [0.05, 0.1) is 57.1 Å². The fourth-order valence-electron chi connectivity index (χ4n) is 7.49. The average Bonchev–Trinajstić information content (AvgIpc) is 4.27. The van der Waals surface area contributed by atoms with Gasteiger partial charge < -0.3 is 83.3 Å². The third kappa shape index (κ3) is 18.6. The SMILES string of the molecule is CSCCC(NC(=O)CNC(=O)CNC(=O)C(Cc1cnc[nH]1)NC(=O)C(Cc1cnc[nH]1)NC(=O)C(Cc1cnc[nH]1)NC(=O)C(Cc1cnc[nH]1)NC(=O)C(Cc1cnc[nH]1)NC(=O)C(N)Cc1cnc[nH]1)C(=O)O. The van der Waals surface area contributed by atoms with E-state index in [1.54, 1.807) is 6.26 Å². The summed E-state index contributed by atoms with van der Waals surface area (Å²) in [7, 11) is 0. The molecule has 8 amide bonds. The molecule has 0 aliphatic heterocycles. The molecule has 77 heavy (non-hydrogen) atoms. The molecule has 0 aromatic carbocycles. The number of hydrogen-bond donors (Lipinski definition) is 16. The van der Waals surface area contributed by atoms with Gasteiger partial charge in [-0.05, 0) is 18.4 Å². The molecule has 31 nitrogen and oxygen atoms in total. The minimum absolute atomic E-state index is 0.0733. The molecule has 6 aromatic heterocycles. The first kappa shape index (κ1) is 57.1. The highest BCUT2D eigenvalue weighted by molar-refractivity contribution is 7.98. The number of rotatable bonds is 32. The molecule has 410 valence electrons. The lowest BCUT2D eigenvalue weighted by Crippen LogP contribution is -2.61. The van der Waals surface area contributed by atoms with E-state index in [-0.39, 0.29) is 44.9 Å². The Morgan fingerprint density at radius 2 is 0.753 bits per heavy atom. The van der Waals surface area contributed by atoms with Crippen molar-refractivity contribution in [1.82, 2.24) is 102 Å². The number of amides is 8. The fraction of sp³-hybridized carbons (Fsp3) is 0.400. The molecule has 17 N–H and O–H groups in total. The number of carboxylic acid groups (broad SMARTS) is 1. The van der Waals surface area contributed by atoms with Crippen LogP contribution in [0, 0.1) is 0 Å². The quantitative estimate of drug-likeness (QED) is 0.0188. The molecule has 6 aromatic rings. The van der Waals surface area contributed by atoms with Crippen LogP contribution in [-0.2, 0) is 81.7 Å². The standard InChI is InChI=1S/C45H59N21O10S/c1-77-3-2-31(45(75)76)61-38(68)17-53-37(67)16-54-40(70)32(5-25-11-48-19-56-25)63-42(72)34(7-27-13-50-21-58-27)65-44(74)36(9-29-15-52-23-60-29)66-43(73)35(8-28-14-51-22-59-28)64-41(71)33(6-26-12-49-20-57-26)62-39(69)30(46)4-24-10-47-18-55-24/h10-15,18-23,30-36H,2-9,16-17,46H2,1H3,(H,47,55)(H,48,56)(H,49,57)(H,50,58)(H,51,59)(H,52,60)(H,53,67)(H,54,70)(H,61,68)(H,62,69)(H,63,72)(H,64,71)(H,65,74)(H,66,73)(H,75,76). The second-order valence-electron chi connectivity index (χ2n) is 17.3. The van der Waals surface area contributed by atoms with Gasteiger partial charge in [-0.1, -0.05) is 0 Å². The zero-order valence-electron chi connectivity index (χ0n) is 41.3. The van der Waals surface area contributed by atoms with Crippen LogP contribution in [0.1, 0.15) is 40.6 Å². The highest BCUT2D eigenvalue weighted by atomic mass is 32.2. The van der Waals surface area contributed by atoms with E-state index in [9.17, 15) is 48.3 Å². The highest BCUT2D eigenvalue weighted by Crippen LogP contribution is 2.10. The molecule has 0 saturated heterocycles. The topological polar surface area (TPSA) is 468 Å². The first-order valence-corrected chi connectivity index (χ1v) is 25.2. The number of aromatic nitrogens is 12. The van der Waals surface area contributed by atoms with Crippen molar-refractivity contribution >= 4 is 65.0 Å². The molecule has 0 spiro atoms. The van der Waals surface area contributed by atoms with E-state index in [1.165, 1.54) is 86.9 Å². The molecular weight excluding hydrogens is 1030 g/mol. The van der Waals surface area contributed by atoms with Gasteiger partial charge in [-0.15, -0.1) is 0 Å². The molecule has 0 saturated carbocycles. The smallest absolute Gasteiger partial charge is 0.326 e. The molecule has 32 heteroatoms. The summed E-state index contributed by atoms with van der Waals surface area (Å²) >= 11 is 1.40. The number of hydrogen-bond acceptors (Lipinski definition) is 17. The highest BCUT2D eigenvalue weighted by Gasteiger charge is 2.35. The van der Waals surface area contributed by atoms with E-state index in [2.05, 4.69) is 102 Å². The molecule has 0 aliphatic rings. The zero-order valence-corrected chi connectivity index (χ0v) is 42.1. The zero-order chi connectivity index (χ0) is 55.1. The number of nitrogens with one attached hydrogen (secondary N) is 14. The van der Waals surface area contributed by atoms with Gasteiger partial charge in [0.25, 0.3) is 0 Å². The molecule has 7 atom stereocenters. The predicted molar refractivity (Wildman–Crippen MR) is 270 cm³/mol. The van der Waals surface area contributed by atoms with Crippen LogP contribution in [0.2, 0.25) is 0 Å². The minimum Gasteiger partial charge on any atom is -0.480 e. The minimum atomic E-state index is -1.46. The monoisotopic (exact) mass is 1090 g/mol. The Labute approximate surface area is 441 Å². The van der Waals surface area contributed by atoms with Gasteiger partial charge >= 0.3 is 5.97 Å². The number of aromatic amines is 6. The van der Waals surface area contributed by atoms with E-state index < -0.39 is 109 Å². The van der Waals surface area contributed by atoms with Crippen LogP contribution < -0.4 is 48.3 Å². The maximum absolute atomic E-state index is 14.6. The number of H-pyrrole nitrogens is 6. The number of carbonyl (C=O) groups is 9. The number of carboxylic acids is 1. The van der Waals surface area contributed by atoms with Crippen molar-refractivity contribution in [2.24, 2.45) is 5.73 Å². The molecule has 0 aliphatic carbocycles. The van der Waals surface area contributed by atoms with E-state index in [4.69, 9.17) is 5.73 Å². The summed E-state index contributed by atoms with van der Waals surface area (Å²) in [6, 6.07) is -9.28. The van der Waals surface area contributed by atoms with Gasteiger partial charge in [-0.25, -0.2) is 34.7 Å². The van der Waals surface area contributed by atoms with Gasteiger partial charge in [-0.3, -0.25) is 38.4 Å². The third-order valence-electron chi connectivity index (χ3n) is 11.5. The van der Waals surface area contributed by atoms with Crippen LogP contribution in [0.25, 0.3) is 0 Å². The summed E-state index contributed by atoms with van der Waals surface area (Å²) in [6.45, 7) is -1.24. The number of nitrogens with two attached hydrogens (primary N) is 1. The first-order valence-electron chi connectivity index (χ1n) is 23.8. The number of aliphatic carboxylic acids is 1. The van der Waals surface area contributed by atoms with Crippen LogP contribution in [0.4, 0.5) is 0 Å². The molecule has 0 bridgehead atoms. The molecule has 7 unspecified atom stereocenters. The third-order valence-corrected chi connectivity index (χ3v) is 12.1. The summed E-state index contributed by atoms with van der Waals surface area (Å²) in [5.74, 6) is -7.28. The predicted octanol–water partition coefficient (Wildman–Crippen LogP) is -4.91. The van der Waals surface area contributed by atoms with E-state index >= 15 is 0 Å². The average molecular weight is 1090 g/mol. The largest absolute Gasteiger partial charge is 0.480 e. The van der Waals surface area contributed by atoms with Gasteiger partial charge in [-0.2, -0.15) is 11.8 Å². The maximum atomic E-state index is 14.6. The van der Waals surface area contributed by atoms with Crippen molar-refractivity contribution < 1.29 is 48.3 Å². The molecule has 6 heterocycles. The van der Waals surface area contributed by atoms with Crippen LogP contribution in [0.5, 0.6) is 0 Å². The second-order valence-corrected chi connectivity index (χ2v) is 18.3. The van der Waals surface area contributed by atoms with Crippen molar-refractivity contribution in [1.29, 1.82) is 0 Å². The lowest BCUT2D eigenvalue weighted by atomic mass is 10.0. The summed E-state index contributed by atoms with van der Waals surface area (Å²) in [6.07, 6.45) is 18.0. The van der Waals surface area contributed by atoms with Crippen molar-refractivity contribution in [3.63, 3.8) is 0 Å². The molecule has 0 radical (unpaired) electrons. The number of carbonyl (C=O) groups excluding carboxylic acids is 8. The summed E-state index contributed by atoms with van der Waals surface area (Å²) < 4.78 is 0. The Bertz CT molecular complexity index is 2810. The second kappa shape index (κ2) is 29.0. The van der Waals surface area contributed by atoms with Crippen molar-refractivity contribution in [2.45, 2.75) is 87.2 Å². The summed E-state index contributed by atoms with van der Waals surface area (Å²) in [4.78, 5) is 163. The van der Waals surface area contributed by atoms with Gasteiger partial charge in [0.2, 0.25) is 47.3 Å². The van der Waals surface area contributed by atoms with E-state index in [0.717, 1.165) is 0 Å². The van der Waals surface area contributed by atoms with Crippen LogP contribution in [0.3, 0.4) is 0 Å². The van der Waals surface area contributed by atoms with Crippen molar-refractivity contribution in [2.75, 3.05) is 25.1 Å². The number of imidazole rings is 6.